The van der Waals surface area contributed by atoms with Crippen molar-refractivity contribution in [3.63, 3.8) is 0 Å². The summed E-state index contributed by atoms with van der Waals surface area (Å²) in [5, 5.41) is 3.32. The zero-order valence-electron chi connectivity index (χ0n) is 13.4. The first-order valence-corrected chi connectivity index (χ1v) is 7.60. The molecule has 22 heavy (non-hydrogen) atoms. The Morgan fingerprint density at radius 3 is 2.64 bits per heavy atom. The molecule has 0 saturated carbocycles. The van der Waals surface area contributed by atoms with Gasteiger partial charge in [0.25, 0.3) is 5.91 Å². The van der Waals surface area contributed by atoms with Gasteiger partial charge in [0.05, 0.1) is 11.3 Å². The van der Waals surface area contributed by atoms with E-state index >= 15 is 0 Å². The molecule has 1 N–H and O–H groups in total. The van der Waals surface area contributed by atoms with E-state index in [4.69, 9.17) is 0 Å². The number of para-hydroxylation sites is 1. The fourth-order valence-corrected chi connectivity index (χ4v) is 2.12. The van der Waals surface area contributed by atoms with Crippen LogP contribution < -0.4 is 10.2 Å². The molecule has 1 heterocycles. The third-order valence-corrected chi connectivity index (χ3v) is 3.48. The summed E-state index contributed by atoms with van der Waals surface area (Å²) in [6, 6.07) is 11.5. The van der Waals surface area contributed by atoms with Crippen LogP contribution in [0.5, 0.6) is 0 Å². The van der Waals surface area contributed by atoms with E-state index in [2.05, 4.69) is 24.1 Å². The van der Waals surface area contributed by atoms with Crippen LogP contribution in [-0.2, 0) is 0 Å². The smallest absolute Gasteiger partial charge is 0.259 e. The molecule has 0 aliphatic carbocycles. The van der Waals surface area contributed by atoms with E-state index in [1.807, 2.05) is 36.4 Å². The summed E-state index contributed by atoms with van der Waals surface area (Å²) in [6.45, 7) is 5.26. The van der Waals surface area contributed by atoms with Gasteiger partial charge < -0.3 is 10.2 Å². The molecule has 2 aromatic rings. The molecule has 2 rings (SSSR count). The highest BCUT2D eigenvalue weighted by Gasteiger charge is 2.14. The summed E-state index contributed by atoms with van der Waals surface area (Å²) in [5.74, 6) is 0.584. The Morgan fingerprint density at radius 2 is 1.95 bits per heavy atom. The number of amides is 1. The Kier molecular flexibility index (Phi) is 5.53. The molecule has 0 atom stereocenters. The van der Waals surface area contributed by atoms with Crippen molar-refractivity contribution in [3.8, 4) is 0 Å². The number of benzene rings is 1. The molecule has 0 spiro atoms. The van der Waals surface area contributed by atoms with Gasteiger partial charge in [-0.15, -0.1) is 0 Å². The standard InChI is InChI=1S/C18H23N3O/c1-14(2)9-10-20-16-11-15(12-19-13-16)18(22)21(3)17-7-5-4-6-8-17/h4-8,11-14,20H,9-10H2,1-3H3. The number of nitrogens with one attached hydrogen (secondary N) is 1. The summed E-state index contributed by atoms with van der Waals surface area (Å²) in [7, 11) is 1.77. The number of rotatable bonds is 6. The fraction of sp³-hybridized carbons (Fsp3) is 0.333. The molecule has 0 aliphatic rings. The van der Waals surface area contributed by atoms with Crippen LogP contribution in [0.2, 0.25) is 0 Å². The molecular formula is C18H23N3O. The number of hydrogen-bond acceptors (Lipinski definition) is 3. The van der Waals surface area contributed by atoms with Gasteiger partial charge in [0, 0.05) is 31.7 Å². The number of hydrogen-bond donors (Lipinski definition) is 1. The Morgan fingerprint density at radius 1 is 1.23 bits per heavy atom. The summed E-state index contributed by atoms with van der Waals surface area (Å²) >= 11 is 0. The Hall–Kier alpha value is -2.36. The van der Waals surface area contributed by atoms with Gasteiger partial charge in [-0.1, -0.05) is 32.0 Å². The van der Waals surface area contributed by atoms with E-state index in [1.165, 1.54) is 0 Å². The lowest BCUT2D eigenvalue weighted by Gasteiger charge is -2.17. The number of pyridine rings is 1. The van der Waals surface area contributed by atoms with Crippen LogP contribution in [0.25, 0.3) is 0 Å². The van der Waals surface area contributed by atoms with Crippen LogP contribution in [0.15, 0.2) is 48.8 Å². The number of carbonyl (C=O) groups is 1. The van der Waals surface area contributed by atoms with Crippen molar-refractivity contribution < 1.29 is 4.79 Å². The molecule has 116 valence electrons. The second kappa shape index (κ2) is 7.59. The number of carbonyl (C=O) groups excluding carboxylic acids is 1. The summed E-state index contributed by atoms with van der Waals surface area (Å²) in [6.07, 6.45) is 4.44. The summed E-state index contributed by atoms with van der Waals surface area (Å²) in [4.78, 5) is 18.3. The fourth-order valence-electron chi connectivity index (χ4n) is 2.12. The number of nitrogens with zero attached hydrogens (tertiary/aromatic N) is 2. The minimum atomic E-state index is -0.0637. The van der Waals surface area contributed by atoms with E-state index in [1.54, 1.807) is 24.3 Å². The lowest BCUT2D eigenvalue weighted by molar-refractivity contribution is 0.0992. The van der Waals surface area contributed by atoms with Crippen molar-refractivity contribution in [1.29, 1.82) is 0 Å². The normalized spacial score (nSPS) is 10.5. The van der Waals surface area contributed by atoms with Crippen LogP contribution in [-0.4, -0.2) is 24.5 Å². The van der Waals surface area contributed by atoms with E-state index in [0.29, 0.717) is 11.5 Å². The second-order valence-electron chi connectivity index (χ2n) is 5.77. The molecule has 0 saturated heterocycles. The molecule has 4 nitrogen and oxygen atoms in total. The maximum Gasteiger partial charge on any atom is 0.259 e. The van der Waals surface area contributed by atoms with Crippen molar-refractivity contribution in [2.45, 2.75) is 20.3 Å². The minimum absolute atomic E-state index is 0.0637. The summed E-state index contributed by atoms with van der Waals surface area (Å²) in [5.41, 5.74) is 2.33. The SMILES string of the molecule is CC(C)CCNc1cncc(C(=O)N(C)c2ccccc2)c1. The zero-order chi connectivity index (χ0) is 15.9. The Labute approximate surface area is 132 Å². The van der Waals surface area contributed by atoms with Crippen molar-refractivity contribution >= 4 is 17.3 Å². The van der Waals surface area contributed by atoms with Crippen LogP contribution in [0, 0.1) is 5.92 Å². The van der Waals surface area contributed by atoms with Crippen molar-refractivity contribution in [2.24, 2.45) is 5.92 Å². The van der Waals surface area contributed by atoms with E-state index in [0.717, 1.165) is 24.3 Å². The third kappa shape index (κ3) is 4.32. The predicted octanol–water partition coefficient (Wildman–Crippen LogP) is 3.82. The Balaban J connectivity index is 2.07. The quantitative estimate of drug-likeness (QED) is 0.881. The van der Waals surface area contributed by atoms with Gasteiger partial charge in [0.15, 0.2) is 0 Å². The molecule has 0 aliphatic heterocycles. The highest BCUT2D eigenvalue weighted by molar-refractivity contribution is 6.05. The first-order chi connectivity index (χ1) is 10.6. The van der Waals surface area contributed by atoms with Crippen molar-refractivity contribution in [1.82, 2.24) is 4.98 Å². The molecule has 1 amide bonds. The maximum absolute atomic E-state index is 12.5. The van der Waals surface area contributed by atoms with Crippen molar-refractivity contribution in [3.05, 3.63) is 54.4 Å². The van der Waals surface area contributed by atoms with Gasteiger partial charge >= 0.3 is 0 Å². The maximum atomic E-state index is 12.5. The average molecular weight is 297 g/mol. The monoisotopic (exact) mass is 297 g/mol. The first kappa shape index (κ1) is 16.0. The molecule has 0 unspecified atom stereocenters. The molecule has 0 bridgehead atoms. The number of aromatic nitrogens is 1. The van der Waals surface area contributed by atoms with Crippen LogP contribution in [0.1, 0.15) is 30.6 Å². The van der Waals surface area contributed by atoms with Crippen LogP contribution in [0.4, 0.5) is 11.4 Å². The minimum Gasteiger partial charge on any atom is -0.384 e. The zero-order valence-corrected chi connectivity index (χ0v) is 13.4. The van der Waals surface area contributed by atoms with Gasteiger partial charge in [0.1, 0.15) is 0 Å². The molecule has 1 aromatic carbocycles. The lowest BCUT2D eigenvalue weighted by atomic mass is 10.1. The van der Waals surface area contributed by atoms with Gasteiger partial charge in [0.2, 0.25) is 0 Å². The molecule has 0 fully saturated rings. The average Bonchev–Trinajstić information content (AvgIpc) is 2.54. The highest BCUT2D eigenvalue weighted by atomic mass is 16.2. The molecular weight excluding hydrogens is 274 g/mol. The van der Waals surface area contributed by atoms with E-state index in [-0.39, 0.29) is 5.91 Å². The first-order valence-electron chi connectivity index (χ1n) is 7.60. The predicted molar refractivity (Wildman–Crippen MR) is 91.4 cm³/mol. The van der Waals surface area contributed by atoms with Crippen LogP contribution in [0.3, 0.4) is 0 Å². The highest BCUT2D eigenvalue weighted by Crippen LogP contribution is 2.16. The Bertz CT molecular complexity index is 611. The van der Waals surface area contributed by atoms with Gasteiger partial charge in [-0.05, 0) is 30.5 Å². The van der Waals surface area contributed by atoms with Crippen molar-refractivity contribution in [2.75, 3.05) is 23.8 Å². The van der Waals surface area contributed by atoms with Crippen LogP contribution >= 0.6 is 0 Å². The van der Waals surface area contributed by atoms with E-state index < -0.39 is 0 Å². The molecule has 0 radical (unpaired) electrons. The van der Waals surface area contributed by atoms with E-state index in [9.17, 15) is 4.79 Å². The van der Waals surface area contributed by atoms with Gasteiger partial charge in [-0.2, -0.15) is 0 Å². The van der Waals surface area contributed by atoms with Gasteiger partial charge in [-0.3, -0.25) is 9.78 Å². The van der Waals surface area contributed by atoms with Gasteiger partial charge in [-0.25, -0.2) is 0 Å². The molecule has 1 aromatic heterocycles. The largest absolute Gasteiger partial charge is 0.384 e. The topological polar surface area (TPSA) is 45.2 Å². The number of anilines is 2. The second-order valence-corrected chi connectivity index (χ2v) is 5.77. The summed E-state index contributed by atoms with van der Waals surface area (Å²) < 4.78 is 0. The molecule has 4 heteroatoms. The third-order valence-electron chi connectivity index (χ3n) is 3.48. The lowest BCUT2D eigenvalue weighted by Crippen LogP contribution is -2.26.